The van der Waals surface area contributed by atoms with Crippen molar-refractivity contribution >= 4 is 96.6 Å². The summed E-state index contributed by atoms with van der Waals surface area (Å²) in [5.74, 6) is 2.77. The maximum Gasteiger partial charge on any atom is 1.00 e. The molecular weight excluding hydrogens is 1650 g/mol. The van der Waals surface area contributed by atoms with Gasteiger partial charge in [0.2, 0.25) is 0 Å². The molecule has 0 radical (unpaired) electrons. The van der Waals surface area contributed by atoms with E-state index in [9.17, 15) is 5.11 Å². The first-order chi connectivity index (χ1) is 56.7. The fraction of sp³-hybridized carbons (Fsp3) is 0.192. The van der Waals surface area contributed by atoms with Gasteiger partial charge in [-0.25, -0.2) is 0 Å². The summed E-state index contributed by atoms with van der Waals surface area (Å²) in [7, 11) is -12.4. The summed E-state index contributed by atoms with van der Waals surface area (Å²) < 4.78 is 101. The van der Waals surface area contributed by atoms with Crippen LogP contribution in [0.15, 0.2) is 309 Å². The van der Waals surface area contributed by atoms with Crippen molar-refractivity contribution in [2.75, 3.05) is 0 Å². The Balaban J connectivity index is 0.00000134. The largest absolute Gasteiger partial charge is 1.00 e. The van der Waals surface area contributed by atoms with E-state index in [2.05, 4.69) is 310 Å². The molecule has 614 valence electrons. The monoisotopic (exact) mass is 1750 g/mol. The van der Waals surface area contributed by atoms with Crippen LogP contribution < -0.4 is 118 Å². The Morgan fingerprint density at radius 2 is 0.549 bits per heavy atom. The summed E-state index contributed by atoms with van der Waals surface area (Å²) in [5, 5.41) is 19.6. The van der Waals surface area contributed by atoms with Gasteiger partial charge in [-0.1, -0.05) is 277 Å². The summed E-state index contributed by atoms with van der Waals surface area (Å²) in [5.41, 5.74) is 20.9. The minimum atomic E-state index is -3.11. The van der Waals surface area contributed by atoms with Crippen molar-refractivity contribution in [1.82, 2.24) is 9.97 Å². The third kappa shape index (κ3) is 40.0. The van der Waals surface area contributed by atoms with Gasteiger partial charge in [0.15, 0.2) is 0 Å². The van der Waals surface area contributed by atoms with Crippen LogP contribution in [-0.4, -0.2) is 65.6 Å². The summed E-state index contributed by atoms with van der Waals surface area (Å²) in [6.45, 7) is 29.7. The summed E-state index contributed by atoms with van der Waals surface area (Å²) >= 11 is 0. The molecule has 0 saturated heterocycles. The zero-order valence-corrected chi connectivity index (χ0v) is 84.2. The van der Waals surface area contributed by atoms with Gasteiger partial charge in [0, 0.05) is 44.0 Å². The van der Waals surface area contributed by atoms with Crippen LogP contribution in [0.25, 0.3) is 87.8 Å². The molecule has 23 heteroatoms. The molecule has 0 aliphatic heterocycles. The molecule has 2 aromatic heterocycles. The number of phenolic OH excluding ortho intramolecular Hbond substituents is 1. The normalized spacial score (nSPS) is 9.66. The summed E-state index contributed by atoms with van der Waals surface area (Å²) in [4.78, 5) is 6.96. The number of aromatic hydroxyl groups is 1. The fourth-order valence-corrected chi connectivity index (χ4v) is 12.2. The molecule has 3 N–H and O–H groups in total. The Bertz CT molecular complexity index is 5640. The van der Waals surface area contributed by atoms with Crippen molar-refractivity contribution in [3.8, 4) is 39.4 Å². The van der Waals surface area contributed by atoms with Gasteiger partial charge in [0.25, 0.3) is 0 Å². The van der Waals surface area contributed by atoms with E-state index in [4.69, 9.17) is 50.5 Å². The number of H-pyrrole nitrogens is 2. The number of aromatic nitrogens is 2. The van der Waals surface area contributed by atoms with E-state index in [1.165, 1.54) is 127 Å². The number of phenols is 1. The van der Waals surface area contributed by atoms with Crippen LogP contribution in [0.4, 0.5) is 0 Å². The molecule has 1 aliphatic carbocycles. The number of para-hydroxylation sites is 2. The second kappa shape index (κ2) is 63.4. The number of hydrogen-bond donors (Lipinski definition) is 3. The smallest absolute Gasteiger partial charge is 0.507 e. The molecule has 14 aromatic carbocycles. The fourth-order valence-electron chi connectivity index (χ4n) is 12.2. The zero-order chi connectivity index (χ0) is 87.1. The number of nitrogens with one attached hydrogen (secondary N) is 2. The van der Waals surface area contributed by atoms with Crippen molar-refractivity contribution in [3.63, 3.8) is 0 Å². The zero-order valence-electron chi connectivity index (χ0n) is 72.9. The average Bonchev–Trinajstić information content (AvgIpc) is 0.923. The molecule has 122 heavy (non-hydrogen) atoms. The number of benzene rings is 14. The predicted octanol–water partition coefficient (Wildman–Crippen LogP) is 12.3. The number of aryl methyl sites for hydroxylation is 2. The van der Waals surface area contributed by atoms with Gasteiger partial charge in [0.1, 0.15) is 5.75 Å². The quantitative estimate of drug-likeness (QED) is 0.0796. The molecule has 0 unspecified atom stereocenters. The van der Waals surface area contributed by atoms with Crippen molar-refractivity contribution in [3.05, 3.63) is 378 Å². The van der Waals surface area contributed by atoms with Gasteiger partial charge in [-0.3, -0.25) is 0 Å². The molecule has 16 aromatic rings. The third-order valence-corrected chi connectivity index (χ3v) is 17.7. The first kappa shape index (κ1) is 113. The van der Waals surface area contributed by atoms with Crippen LogP contribution in [-0.2, 0) is 48.9 Å². The van der Waals surface area contributed by atoms with Crippen LogP contribution >= 0.6 is 0 Å². The Labute approximate surface area is 815 Å². The maximum atomic E-state index is 9.95. The van der Waals surface area contributed by atoms with Gasteiger partial charge in [-0.2, -0.15) is 144 Å². The first-order valence-corrected chi connectivity index (χ1v) is 42.4. The van der Waals surface area contributed by atoms with Gasteiger partial charge in [-0.05, 0) is 128 Å². The first-order valence-electron chi connectivity index (χ1n) is 38.4. The molecule has 0 saturated carbocycles. The molecule has 17 rings (SSSR count). The third-order valence-electron chi connectivity index (χ3n) is 17.7. The molecule has 0 bridgehead atoms. The molecule has 1 aliphatic rings. The molecule has 0 spiro atoms. The van der Waals surface area contributed by atoms with E-state index >= 15 is 0 Å². The van der Waals surface area contributed by atoms with Crippen LogP contribution in [0.3, 0.4) is 0 Å². The van der Waals surface area contributed by atoms with E-state index in [-0.39, 0.29) is 118 Å². The van der Waals surface area contributed by atoms with Gasteiger partial charge >= 0.3 is 161 Å². The molecule has 0 amide bonds. The van der Waals surface area contributed by atoms with Crippen molar-refractivity contribution < 1.29 is 174 Å². The van der Waals surface area contributed by atoms with Gasteiger partial charge in [0.05, 0.1) is 0 Å². The second-order valence-electron chi connectivity index (χ2n) is 26.7. The summed E-state index contributed by atoms with van der Waals surface area (Å²) in [6.07, 6.45) is 1.10. The topological polar surface area (TPSA) is 257 Å². The number of fused-ring (bicyclic) bond motifs is 5. The summed E-state index contributed by atoms with van der Waals surface area (Å²) in [6, 6.07) is 118. The van der Waals surface area contributed by atoms with Crippen LogP contribution in [0, 0.1) is 38.1 Å². The van der Waals surface area contributed by atoms with Crippen LogP contribution in [0.2, 0.25) is 0 Å². The molecule has 2 heterocycles. The Kier molecular flexibility index (Phi) is 59.0. The van der Waals surface area contributed by atoms with Crippen molar-refractivity contribution in [2.45, 2.75) is 127 Å². The molecule has 15 nitrogen and oxygen atoms in total. The Morgan fingerprint density at radius 1 is 0.287 bits per heavy atom. The van der Waals surface area contributed by atoms with Crippen LogP contribution in [0.5, 0.6) is 5.75 Å². The van der Waals surface area contributed by atoms with E-state index in [1.54, 1.807) is 6.07 Å². The second-order valence-corrected chi connectivity index (χ2v) is 28.3. The number of rotatable bonds is 6. The maximum absolute atomic E-state index is 9.95. The molecular formula is C99H102N2Na4O13S4. The minimum absolute atomic E-state index is 0. The standard InChI is InChI=1S/C16H10O.2C15H13N.C13H10.4C9H11.2C2H6.4Na.4O3S/c17-14-9-7-12-5-4-10-2-1-3-11-6-8-13(14)16(12)15(10)11;2*1-11-13-9-5-6-10-14(13)16-15(11)12-7-3-2-4-8-12;1-3-7-12-10(5-1)9-11-6-2-4-8-13(11)12;4*1-8(2)9-6-4-3-5-7-9;2*1-2;;;;;4*1-4(2)3/h1-9,17H;2*2-10,16H,1H3;1-8H,9H2;4*3-6,8H,1-2H3;2*1-2H3;;;;;;;;/q;;;;4*-1;;;4*+1;;;;. The van der Waals surface area contributed by atoms with Crippen LogP contribution in [0.1, 0.15) is 151 Å². The van der Waals surface area contributed by atoms with Crippen molar-refractivity contribution in [1.29, 1.82) is 0 Å². The van der Waals surface area contributed by atoms with Crippen molar-refractivity contribution in [2.24, 2.45) is 0 Å². The van der Waals surface area contributed by atoms with Gasteiger partial charge in [-0.15, -0.1) is 50.5 Å². The molecule has 0 fully saturated rings. The average molecular weight is 1750 g/mol. The van der Waals surface area contributed by atoms with E-state index < -0.39 is 42.4 Å². The van der Waals surface area contributed by atoms with E-state index in [0.29, 0.717) is 29.4 Å². The van der Waals surface area contributed by atoms with E-state index in [0.717, 1.165) is 11.8 Å². The number of hydrogen-bond acceptors (Lipinski definition) is 13. The Hall–Kier alpha value is -8.52. The Morgan fingerprint density at radius 3 is 0.836 bits per heavy atom. The minimum Gasteiger partial charge on any atom is -0.507 e. The SMILES string of the molecule is CC.CC.CC(C)c1[c-]cccc1.CC(C)c1[c-]cccc1.CC(C)c1[c-]cccc1.CC(C)c1[c-]cccc1.Cc1c(-c2ccccc2)[nH]c2ccccc12.Cc1c(-c2ccccc2)[nH]c2ccccc12.O=S(=O)=O.O=S(=O)=O.O=S(=O)=O.O=S(=O)=O.Oc1ccc2ccc3cccc4ccc1c2c34.[Na+].[Na+].[Na+].[Na+].c1ccc2c(c1)Cc1ccccc1-2. The van der Waals surface area contributed by atoms with Gasteiger partial charge < -0.3 is 15.1 Å². The number of aromatic amines is 2. The molecule has 0 atom stereocenters. The predicted molar refractivity (Wildman–Crippen MR) is 482 cm³/mol. The van der Waals surface area contributed by atoms with E-state index in [1.807, 2.05) is 125 Å².